The van der Waals surface area contributed by atoms with Crippen LogP contribution in [0.5, 0.6) is 5.75 Å². The van der Waals surface area contributed by atoms with Crippen LogP contribution in [0.4, 0.5) is 0 Å². The van der Waals surface area contributed by atoms with Crippen molar-refractivity contribution in [1.29, 1.82) is 0 Å². The molecule has 2 atom stereocenters. The van der Waals surface area contributed by atoms with Crippen molar-refractivity contribution in [2.24, 2.45) is 5.73 Å². The number of hydrogen-bond donors (Lipinski definition) is 1. The van der Waals surface area contributed by atoms with E-state index in [9.17, 15) is 0 Å². The maximum atomic E-state index is 6.18. The van der Waals surface area contributed by atoms with Crippen LogP contribution in [0.15, 0.2) is 46.9 Å². The molecule has 0 saturated carbocycles. The van der Waals surface area contributed by atoms with Crippen molar-refractivity contribution in [1.82, 2.24) is 0 Å². The summed E-state index contributed by atoms with van der Waals surface area (Å²) in [5.74, 6) is 0.896. The highest BCUT2D eigenvalue weighted by Crippen LogP contribution is 2.29. The summed E-state index contributed by atoms with van der Waals surface area (Å²) in [7, 11) is 0. The molecule has 2 N–H and O–H groups in total. The standard InChI is InChI=1S/C17H20BrNO/c1-11-6-4-9-16(12(11)2)20-17(13(3)19)14-7-5-8-15(18)10-14/h4-10,13,17H,19H2,1-3H3. The summed E-state index contributed by atoms with van der Waals surface area (Å²) in [5, 5.41) is 0. The molecule has 0 amide bonds. The summed E-state index contributed by atoms with van der Waals surface area (Å²) in [5.41, 5.74) is 9.58. The molecule has 2 aromatic carbocycles. The molecule has 2 nitrogen and oxygen atoms in total. The van der Waals surface area contributed by atoms with Crippen LogP contribution >= 0.6 is 15.9 Å². The molecule has 0 spiro atoms. The summed E-state index contributed by atoms with van der Waals surface area (Å²) in [6.07, 6.45) is -0.159. The predicted molar refractivity (Wildman–Crippen MR) is 87.1 cm³/mol. The van der Waals surface area contributed by atoms with Gasteiger partial charge in [0.05, 0.1) is 0 Å². The Morgan fingerprint density at radius 1 is 1.10 bits per heavy atom. The highest BCUT2D eigenvalue weighted by molar-refractivity contribution is 9.10. The molecule has 0 fully saturated rings. The van der Waals surface area contributed by atoms with Crippen LogP contribution in [0.3, 0.4) is 0 Å². The number of aryl methyl sites for hydroxylation is 1. The Bertz CT molecular complexity index is 595. The fourth-order valence-electron chi connectivity index (χ4n) is 2.15. The van der Waals surface area contributed by atoms with Crippen LogP contribution in [0, 0.1) is 13.8 Å². The maximum absolute atomic E-state index is 6.18. The lowest BCUT2D eigenvalue weighted by atomic mass is 10.0. The van der Waals surface area contributed by atoms with Gasteiger partial charge in [-0.3, -0.25) is 0 Å². The van der Waals surface area contributed by atoms with Gasteiger partial charge in [-0.25, -0.2) is 0 Å². The summed E-state index contributed by atoms with van der Waals surface area (Å²) in [6, 6.07) is 14.1. The average Bonchev–Trinajstić information content (AvgIpc) is 2.40. The van der Waals surface area contributed by atoms with Gasteiger partial charge in [-0.1, -0.05) is 40.2 Å². The Morgan fingerprint density at radius 3 is 2.45 bits per heavy atom. The fraction of sp³-hybridized carbons (Fsp3) is 0.294. The van der Waals surface area contributed by atoms with Crippen LogP contribution in [-0.4, -0.2) is 6.04 Å². The molecule has 0 aromatic heterocycles. The fourth-order valence-corrected chi connectivity index (χ4v) is 2.57. The van der Waals surface area contributed by atoms with Gasteiger partial charge in [0.1, 0.15) is 11.9 Å². The van der Waals surface area contributed by atoms with E-state index in [0.29, 0.717) is 0 Å². The molecule has 0 aliphatic heterocycles. The molecule has 2 aromatic rings. The number of rotatable bonds is 4. The Morgan fingerprint density at radius 2 is 1.80 bits per heavy atom. The van der Waals surface area contributed by atoms with Crippen LogP contribution in [0.2, 0.25) is 0 Å². The molecule has 3 heteroatoms. The van der Waals surface area contributed by atoms with E-state index in [1.807, 2.05) is 37.3 Å². The monoisotopic (exact) mass is 333 g/mol. The molecule has 0 saturated heterocycles. The molecule has 2 rings (SSSR count). The first kappa shape index (κ1) is 15.1. The number of halogens is 1. The Labute approximate surface area is 129 Å². The van der Waals surface area contributed by atoms with E-state index >= 15 is 0 Å². The van der Waals surface area contributed by atoms with Crippen molar-refractivity contribution in [3.8, 4) is 5.75 Å². The van der Waals surface area contributed by atoms with Crippen molar-refractivity contribution in [3.63, 3.8) is 0 Å². The molecular weight excluding hydrogens is 314 g/mol. The minimum absolute atomic E-state index is 0.0933. The lowest BCUT2D eigenvalue weighted by molar-refractivity contribution is 0.179. The third kappa shape index (κ3) is 3.41. The van der Waals surface area contributed by atoms with Crippen LogP contribution in [0.1, 0.15) is 29.7 Å². The molecule has 0 bridgehead atoms. The van der Waals surface area contributed by atoms with Crippen molar-refractivity contribution in [2.45, 2.75) is 32.9 Å². The number of hydrogen-bond acceptors (Lipinski definition) is 2. The molecule has 0 heterocycles. The minimum atomic E-state index is -0.159. The van der Waals surface area contributed by atoms with Crippen LogP contribution in [0.25, 0.3) is 0 Å². The molecule has 0 aliphatic rings. The summed E-state index contributed by atoms with van der Waals surface area (Å²) in [4.78, 5) is 0. The van der Waals surface area contributed by atoms with E-state index in [0.717, 1.165) is 21.3 Å². The Kier molecular flexibility index (Phi) is 4.84. The molecule has 20 heavy (non-hydrogen) atoms. The van der Waals surface area contributed by atoms with E-state index in [2.05, 4.69) is 41.9 Å². The van der Waals surface area contributed by atoms with Crippen LogP contribution in [-0.2, 0) is 0 Å². The highest BCUT2D eigenvalue weighted by Gasteiger charge is 2.19. The molecule has 0 aliphatic carbocycles. The maximum Gasteiger partial charge on any atom is 0.139 e. The van der Waals surface area contributed by atoms with Gasteiger partial charge in [-0.2, -0.15) is 0 Å². The normalized spacial score (nSPS) is 13.8. The number of nitrogens with two attached hydrogens (primary N) is 1. The van der Waals surface area contributed by atoms with E-state index in [4.69, 9.17) is 10.5 Å². The van der Waals surface area contributed by atoms with Gasteiger partial charge in [-0.15, -0.1) is 0 Å². The van der Waals surface area contributed by atoms with E-state index in [1.165, 1.54) is 5.56 Å². The van der Waals surface area contributed by atoms with Crippen LogP contribution < -0.4 is 10.5 Å². The first-order valence-electron chi connectivity index (χ1n) is 6.73. The lowest BCUT2D eigenvalue weighted by Crippen LogP contribution is -2.29. The number of ether oxygens (including phenoxy) is 1. The largest absolute Gasteiger partial charge is 0.484 e. The Hall–Kier alpha value is -1.32. The van der Waals surface area contributed by atoms with Gasteiger partial charge < -0.3 is 10.5 Å². The average molecular weight is 334 g/mol. The smallest absolute Gasteiger partial charge is 0.139 e. The summed E-state index contributed by atoms with van der Waals surface area (Å²) >= 11 is 3.49. The minimum Gasteiger partial charge on any atom is -0.484 e. The quantitative estimate of drug-likeness (QED) is 0.891. The third-order valence-corrected chi connectivity index (χ3v) is 3.96. The van der Waals surface area contributed by atoms with E-state index < -0.39 is 0 Å². The second kappa shape index (κ2) is 6.42. The zero-order valence-corrected chi connectivity index (χ0v) is 13.6. The van der Waals surface area contributed by atoms with Gasteiger partial charge in [0.25, 0.3) is 0 Å². The molecule has 0 radical (unpaired) electrons. The van der Waals surface area contributed by atoms with Crippen molar-refractivity contribution < 1.29 is 4.74 Å². The SMILES string of the molecule is Cc1cccc(OC(c2cccc(Br)c2)C(C)N)c1C. The zero-order valence-electron chi connectivity index (χ0n) is 12.1. The van der Waals surface area contributed by atoms with E-state index in [1.54, 1.807) is 0 Å². The lowest BCUT2D eigenvalue weighted by Gasteiger charge is -2.24. The highest BCUT2D eigenvalue weighted by atomic mass is 79.9. The molecular formula is C17H20BrNO. The van der Waals surface area contributed by atoms with Crippen molar-refractivity contribution in [3.05, 3.63) is 63.6 Å². The van der Waals surface area contributed by atoms with Gasteiger partial charge >= 0.3 is 0 Å². The topological polar surface area (TPSA) is 35.2 Å². The molecule has 106 valence electrons. The summed E-state index contributed by atoms with van der Waals surface area (Å²) in [6.45, 7) is 6.13. The summed E-state index contributed by atoms with van der Waals surface area (Å²) < 4.78 is 7.22. The zero-order chi connectivity index (χ0) is 14.7. The van der Waals surface area contributed by atoms with Crippen molar-refractivity contribution >= 4 is 15.9 Å². The number of benzene rings is 2. The third-order valence-electron chi connectivity index (χ3n) is 3.46. The van der Waals surface area contributed by atoms with E-state index in [-0.39, 0.29) is 12.1 Å². The molecule has 2 unspecified atom stereocenters. The second-order valence-corrected chi connectivity index (χ2v) is 6.07. The Balaban J connectivity index is 2.33. The van der Waals surface area contributed by atoms with Crippen molar-refractivity contribution in [2.75, 3.05) is 0 Å². The first-order valence-corrected chi connectivity index (χ1v) is 7.52. The predicted octanol–water partition coefficient (Wildman–Crippen LogP) is 4.53. The van der Waals surface area contributed by atoms with Gasteiger partial charge in [0.15, 0.2) is 0 Å². The first-order chi connectivity index (χ1) is 9.49. The van der Waals surface area contributed by atoms with Gasteiger partial charge in [0, 0.05) is 10.5 Å². The van der Waals surface area contributed by atoms with Gasteiger partial charge in [-0.05, 0) is 55.7 Å². The second-order valence-electron chi connectivity index (χ2n) is 5.15. The van der Waals surface area contributed by atoms with Gasteiger partial charge in [0.2, 0.25) is 0 Å².